The first-order valence-corrected chi connectivity index (χ1v) is 5.69. The molecule has 6 heteroatoms. The second-order valence-corrected chi connectivity index (χ2v) is 4.31. The Labute approximate surface area is 92.2 Å². The van der Waals surface area contributed by atoms with E-state index >= 15 is 0 Å². The maximum absolute atomic E-state index is 5.73. The van der Waals surface area contributed by atoms with Crippen molar-refractivity contribution in [3.8, 4) is 5.88 Å². The molecule has 0 N–H and O–H groups in total. The minimum absolute atomic E-state index is 0.365. The second kappa shape index (κ2) is 4.42. The van der Waals surface area contributed by atoms with Crippen molar-refractivity contribution in [2.75, 3.05) is 20.2 Å². The zero-order valence-corrected chi connectivity index (χ0v) is 9.51. The average molecular weight is 234 g/mol. The summed E-state index contributed by atoms with van der Waals surface area (Å²) in [4.78, 5) is 2.30. The molecular weight excluding hydrogens is 222 g/mol. The van der Waals surface area contributed by atoms with Gasteiger partial charge in [-0.3, -0.25) is 0 Å². The lowest BCUT2D eigenvalue weighted by molar-refractivity contribution is 0.227. The summed E-state index contributed by atoms with van der Waals surface area (Å²) in [5.74, 6) is 0.459. The van der Waals surface area contributed by atoms with Gasteiger partial charge in [-0.15, -0.1) is 4.37 Å². The van der Waals surface area contributed by atoms with Crippen molar-refractivity contribution in [3.05, 3.63) is 5.15 Å². The van der Waals surface area contributed by atoms with E-state index in [0.29, 0.717) is 17.6 Å². The number of hydrogen-bond acceptors (Lipinski definition) is 5. The third-order valence-electron chi connectivity index (χ3n) is 2.27. The highest BCUT2D eigenvalue weighted by molar-refractivity contribution is 6.99. The maximum atomic E-state index is 5.73. The van der Waals surface area contributed by atoms with Crippen molar-refractivity contribution >= 4 is 23.3 Å². The minimum atomic E-state index is 0.365. The smallest absolute Gasteiger partial charge is 0.265 e. The lowest BCUT2D eigenvalue weighted by atomic mass is 10.5. The minimum Gasteiger partial charge on any atom is -0.473 e. The highest BCUT2D eigenvalue weighted by Gasteiger charge is 2.25. The van der Waals surface area contributed by atoms with Crippen LogP contribution < -0.4 is 4.74 Å². The van der Waals surface area contributed by atoms with E-state index in [1.54, 1.807) is 0 Å². The predicted molar refractivity (Wildman–Crippen MR) is 56.1 cm³/mol. The Morgan fingerprint density at radius 2 is 2.36 bits per heavy atom. The van der Waals surface area contributed by atoms with Crippen LogP contribution in [0.1, 0.15) is 12.8 Å². The van der Waals surface area contributed by atoms with Crippen LogP contribution in [0.25, 0.3) is 0 Å². The van der Waals surface area contributed by atoms with Gasteiger partial charge in [-0.1, -0.05) is 11.6 Å². The van der Waals surface area contributed by atoms with Crippen LogP contribution in [-0.2, 0) is 0 Å². The molecule has 78 valence electrons. The van der Waals surface area contributed by atoms with E-state index in [1.165, 1.54) is 12.8 Å². The van der Waals surface area contributed by atoms with Crippen molar-refractivity contribution in [1.29, 1.82) is 0 Å². The molecule has 1 aromatic rings. The first-order chi connectivity index (χ1) is 6.77. The number of aromatic nitrogens is 2. The monoisotopic (exact) mass is 233 g/mol. The Kier molecular flexibility index (Phi) is 3.20. The summed E-state index contributed by atoms with van der Waals surface area (Å²) >= 11 is 6.80. The van der Waals surface area contributed by atoms with Crippen LogP contribution in [0.5, 0.6) is 5.88 Å². The highest BCUT2D eigenvalue weighted by Crippen LogP contribution is 2.25. The Morgan fingerprint density at radius 1 is 1.57 bits per heavy atom. The van der Waals surface area contributed by atoms with Gasteiger partial charge in [-0.05, 0) is 19.9 Å². The first-order valence-electron chi connectivity index (χ1n) is 4.58. The van der Waals surface area contributed by atoms with E-state index < -0.39 is 0 Å². The molecule has 4 nitrogen and oxygen atoms in total. The average Bonchev–Trinajstić information content (AvgIpc) is 2.93. The van der Waals surface area contributed by atoms with E-state index in [9.17, 15) is 0 Å². The molecule has 1 heterocycles. The van der Waals surface area contributed by atoms with Crippen LogP contribution in [0.3, 0.4) is 0 Å². The predicted octanol–water partition coefficient (Wildman–Crippen LogP) is 1.66. The fourth-order valence-corrected chi connectivity index (χ4v) is 1.88. The molecule has 1 saturated carbocycles. The lowest BCUT2D eigenvalue weighted by Gasteiger charge is -2.14. The Bertz CT molecular complexity index is 303. The number of nitrogens with zero attached hydrogens (tertiary/aromatic N) is 3. The van der Waals surface area contributed by atoms with Crippen LogP contribution in [-0.4, -0.2) is 39.9 Å². The Balaban J connectivity index is 1.69. The van der Waals surface area contributed by atoms with E-state index in [-0.39, 0.29) is 0 Å². The van der Waals surface area contributed by atoms with Gasteiger partial charge in [0.2, 0.25) is 5.15 Å². The third-order valence-corrected chi connectivity index (χ3v) is 3.13. The van der Waals surface area contributed by atoms with Gasteiger partial charge in [0.15, 0.2) is 0 Å². The summed E-state index contributed by atoms with van der Waals surface area (Å²) in [6.45, 7) is 1.54. The van der Waals surface area contributed by atoms with E-state index in [1.807, 2.05) is 0 Å². The first kappa shape index (κ1) is 10.1. The number of hydrogen-bond donors (Lipinski definition) is 0. The topological polar surface area (TPSA) is 38.2 Å². The van der Waals surface area contributed by atoms with E-state index in [4.69, 9.17) is 16.3 Å². The zero-order valence-electron chi connectivity index (χ0n) is 7.94. The molecule has 0 aromatic carbocycles. The van der Waals surface area contributed by atoms with Crippen LogP contribution in [0.2, 0.25) is 5.15 Å². The summed E-state index contributed by atoms with van der Waals surface area (Å²) in [5.41, 5.74) is 0. The molecule has 0 atom stereocenters. The quantitative estimate of drug-likeness (QED) is 0.776. The van der Waals surface area contributed by atoms with Gasteiger partial charge in [-0.25, -0.2) is 0 Å². The van der Waals surface area contributed by atoms with Crippen LogP contribution >= 0.6 is 23.3 Å². The summed E-state index contributed by atoms with van der Waals surface area (Å²) < 4.78 is 13.1. The molecule has 0 radical (unpaired) electrons. The molecule has 0 amide bonds. The Hall–Kier alpha value is -0.390. The van der Waals surface area contributed by atoms with Gasteiger partial charge in [-0.2, -0.15) is 4.37 Å². The second-order valence-electron chi connectivity index (χ2n) is 3.42. The molecule has 14 heavy (non-hydrogen) atoms. The Morgan fingerprint density at radius 3 is 2.93 bits per heavy atom. The number of likely N-dealkylation sites (N-methyl/N-ethyl adjacent to an activating group) is 1. The van der Waals surface area contributed by atoms with Gasteiger partial charge < -0.3 is 9.64 Å². The van der Waals surface area contributed by atoms with E-state index in [0.717, 1.165) is 24.3 Å². The van der Waals surface area contributed by atoms with Crippen LogP contribution in [0, 0.1) is 0 Å². The highest BCUT2D eigenvalue weighted by atomic mass is 35.5. The molecule has 0 saturated heterocycles. The molecule has 0 aliphatic heterocycles. The SMILES string of the molecule is CN(CCOc1nsnc1Cl)C1CC1. The van der Waals surface area contributed by atoms with Gasteiger partial charge in [0.25, 0.3) is 5.88 Å². The number of rotatable bonds is 5. The van der Waals surface area contributed by atoms with Crippen molar-refractivity contribution in [3.63, 3.8) is 0 Å². The van der Waals surface area contributed by atoms with Crippen molar-refractivity contribution in [1.82, 2.24) is 13.6 Å². The lowest BCUT2D eigenvalue weighted by Crippen LogP contribution is -2.26. The number of halogens is 1. The summed E-state index contributed by atoms with van der Waals surface area (Å²) in [6.07, 6.45) is 2.63. The van der Waals surface area contributed by atoms with Gasteiger partial charge in [0.05, 0.1) is 11.7 Å². The third kappa shape index (κ3) is 2.56. The molecule has 2 rings (SSSR count). The summed E-state index contributed by atoms with van der Waals surface area (Å²) in [6, 6.07) is 0.766. The molecular formula is C8H12ClN3OS. The maximum Gasteiger partial charge on any atom is 0.265 e. The van der Waals surface area contributed by atoms with Gasteiger partial charge >= 0.3 is 0 Å². The number of ether oxygens (including phenoxy) is 1. The van der Waals surface area contributed by atoms with Gasteiger partial charge in [0.1, 0.15) is 6.61 Å². The van der Waals surface area contributed by atoms with Crippen LogP contribution in [0.15, 0.2) is 0 Å². The van der Waals surface area contributed by atoms with Crippen LogP contribution in [0.4, 0.5) is 0 Å². The largest absolute Gasteiger partial charge is 0.473 e. The normalized spacial score (nSPS) is 16.2. The fraction of sp³-hybridized carbons (Fsp3) is 0.750. The van der Waals surface area contributed by atoms with E-state index in [2.05, 4.69) is 20.7 Å². The van der Waals surface area contributed by atoms with Crippen molar-refractivity contribution in [2.45, 2.75) is 18.9 Å². The summed E-state index contributed by atoms with van der Waals surface area (Å²) in [7, 11) is 2.11. The molecule has 1 aliphatic carbocycles. The molecule has 0 unspecified atom stereocenters. The summed E-state index contributed by atoms with van der Waals surface area (Å²) in [5, 5.41) is 0.365. The molecule has 1 aromatic heterocycles. The molecule has 1 aliphatic rings. The fourth-order valence-electron chi connectivity index (χ4n) is 1.24. The van der Waals surface area contributed by atoms with Crippen molar-refractivity contribution < 1.29 is 4.74 Å². The zero-order chi connectivity index (χ0) is 9.97. The van der Waals surface area contributed by atoms with Gasteiger partial charge in [0, 0.05) is 12.6 Å². The van der Waals surface area contributed by atoms with Crippen molar-refractivity contribution in [2.24, 2.45) is 0 Å². The molecule has 1 fully saturated rings. The standard InChI is InChI=1S/C8H12ClN3OS/c1-12(6-2-3-6)4-5-13-8-7(9)10-14-11-8/h6H,2-5H2,1H3. The molecule has 0 bridgehead atoms. The molecule has 0 spiro atoms.